The number of halogens is 1. The number of ketones is 2. The van der Waals surface area contributed by atoms with E-state index in [2.05, 4.69) is 0 Å². The molecule has 6 nitrogen and oxygen atoms in total. The maximum absolute atomic E-state index is 12.3. The van der Waals surface area contributed by atoms with Crippen LogP contribution < -0.4 is 0 Å². The first-order valence-corrected chi connectivity index (χ1v) is 6.39. The fraction of sp³-hybridized carbons (Fsp3) is 0.357. The number of benzene rings is 1. The third-order valence-corrected chi connectivity index (χ3v) is 3.05. The van der Waals surface area contributed by atoms with Crippen molar-refractivity contribution < 1.29 is 14.5 Å². The highest BCUT2D eigenvalue weighted by atomic mass is 35.5. The number of nitrogens with zero attached hydrogens (tertiary/aromatic N) is 2. The maximum Gasteiger partial charge on any atom is 0.281 e. The summed E-state index contributed by atoms with van der Waals surface area (Å²) in [5.74, 6) is -3.05. The molecule has 1 aromatic carbocycles. The molecule has 1 unspecified atom stereocenters. The molecule has 0 amide bonds. The van der Waals surface area contributed by atoms with E-state index < -0.39 is 33.5 Å². The van der Waals surface area contributed by atoms with Gasteiger partial charge in [-0.05, 0) is 12.1 Å². The molecule has 0 spiro atoms. The summed E-state index contributed by atoms with van der Waals surface area (Å²) in [5, 5.41) is 20.2. The van der Waals surface area contributed by atoms with Crippen molar-refractivity contribution in [2.24, 2.45) is 11.3 Å². The SMILES string of the molecule is CC(C)(C)C(=O)C(C#N)C(=O)c1ccc(Cl)cc1[N+](=O)[O-]. The topological polar surface area (TPSA) is 101 Å². The number of hydrogen-bond donors (Lipinski definition) is 0. The van der Waals surface area contributed by atoms with Gasteiger partial charge in [0.2, 0.25) is 0 Å². The second-order valence-corrected chi connectivity index (χ2v) is 5.90. The van der Waals surface area contributed by atoms with Gasteiger partial charge in [-0.2, -0.15) is 5.26 Å². The predicted octanol–water partition coefficient (Wildman–Crippen LogP) is 3.19. The Labute approximate surface area is 126 Å². The highest BCUT2D eigenvalue weighted by Gasteiger charge is 2.37. The van der Waals surface area contributed by atoms with Gasteiger partial charge in [0, 0.05) is 16.5 Å². The van der Waals surface area contributed by atoms with Crippen molar-refractivity contribution >= 4 is 28.9 Å². The van der Waals surface area contributed by atoms with Crippen molar-refractivity contribution in [1.29, 1.82) is 5.26 Å². The van der Waals surface area contributed by atoms with E-state index in [-0.39, 0.29) is 10.6 Å². The second-order valence-electron chi connectivity index (χ2n) is 5.46. The van der Waals surface area contributed by atoms with Gasteiger partial charge in [0.15, 0.2) is 17.5 Å². The van der Waals surface area contributed by atoms with Gasteiger partial charge in [-0.15, -0.1) is 0 Å². The van der Waals surface area contributed by atoms with Crippen molar-refractivity contribution in [3.63, 3.8) is 0 Å². The lowest BCUT2D eigenvalue weighted by Gasteiger charge is -2.19. The van der Waals surface area contributed by atoms with E-state index >= 15 is 0 Å². The minimum Gasteiger partial charge on any atom is -0.297 e. The minimum absolute atomic E-state index is 0.0916. The van der Waals surface area contributed by atoms with Crippen LogP contribution in [0.5, 0.6) is 0 Å². The lowest BCUT2D eigenvalue weighted by molar-refractivity contribution is -0.385. The quantitative estimate of drug-likeness (QED) is 0.368. The zero-order valence-corrected chi connectivity index (χ0v) is 12.5. The Morgan fingerprint density at radius 2 is 1.95 bits per heavy atom. The van der Waals surface area contributed by atoms with Crippen LogP contribution in [0.1, 0.15) is 31.1 Å². The van der Waals surface area contributed by atoms with Gasteiger partial charge < -0.3 is 0 Å². The summed E-state index contributed by atoms with van der Waals surface area (Å²) in [7, 11) is 0. The Balaban J connectivity index is 3.34. The van der Waals surface area contributed by atoms with Crippen LogP contribution in [0.4, 0.5) is 5.69 Å². The van der Waals surface area contributed by atoms with E-state index in [4.69, 9.17) is 16.9 Å². The Morgan fingerprint density at radius 3 is 2.38 bits per heavy atom. The van der Waals surface area contributed by atoms with Crippen LogP contribution in [0.15, 0.2) is 18.2 Å². The van der Waals surface area contributed by atoms with Crippen LogP contribution in [0, 0.1) is 32.8 Å². The zero-order chi connectivity index (χ0) is 16.4. The summed E-state index contributed by atoms with van der Waals surface area (Å²) >= 11 is 5.67. The lowest BCUT2D eigenvalue weighted by atomic mass is 9.80. The first kappa shape index (κ1) is 16.8. The standard InChI is InChI=1S/C14H13ClN2O4/c1-14(2,3)13(19)10(7-16)12(18)9-5-4-8(15)6-11(9)17(20)21/h4-6,10H,1-3H3. The van der Waals surface area contributed by atoms with E-state index in [1.54, 1.807) is 26.8 Å². The Hall–Kier alpha value is -2.26. The third kappa shape index (κ3) is 3.64. The number of nitriles is 1. The third-order valence-electron chi connectivity index (χ3n) is 2.81. The number of hydrogen-bond acceptors (Lipinski definition) is 5. The number of nitro benzene ring substituents is 1. The van der Waals surface area contributed by atoms with Crippen LogP contribution in [0.25, 0.3) is 0 Å². The molecule has 0 aromatic heterocycles. The minimum atomic E-state index is -1.58. The largest absolute Gasteiger partial charge is 0.297 e. The summed E-state index contributed by atoms with van der Waals surface area (Å²) < 4.78 is 0. The molecule has 0 aliphatic carbocycles. The monoisotopic (exact) mass is 308 g/mol. The highest BCUT2D eigenvalue weighted by molar-refractivity contribution is 6.31. The molecule has 7 heteroatoms. The average Bonchev–Trinajstić information content (AvgIpc) is 2.37. The van der Waals surface area contributed by atoms with E-state index in [0.29, 0.717) is 0 Å². The highest BCUT2D eigenvalue weighted by Crippen LogP contribution is 2.28. The maximum atomic E-state index is 12.3. The molecule has 0 radical (unpaired) electrons. The average molecular weight is 309 g/mol. The molecule has 0 bridgehead atoms. The van der Waals surface area contributed by atoms with E-state index in [1.165, 1.54) is 6.07 Å². The smallest absolute Gasteiger partial charge is 0.281 e. The number of carbonyl (C=O) groups excluding carboxylic acids is 2. The Morgan fingerprint density at radius 1 is 1.38 bits per heavy atom. The summed E-state index contributed by atoms with van der Waals surface area (Å²) in [6.07, 6.45) is 0. The molecule has 1 atom stereocenters. The fourth-order valence-corrected chi connectivity index (χ4v) is 1.86. The number of nitro groups is 1. The molecule has 0 saturated carbocycles. The molecular weight excluding hydrogens is 296 g/mol. The van der Waals surface area contributed by atoms with Gasteiger partial charge in [0.25, 0.3) is 5.69 Å². The van der Waals surface area contributed by atoms with Gasteiger partial charge >= 0.3 is 0 Å². The van der Waals surface area contributed by atoms with Gasteiger partial charge in [0.1, 0.15) is 0 Å². The van der Waals surface area contributed by atoms with Crippen LogP contribution in [0.2, 0.25) is 5.02 Å². The molecule has 0 N–H and O–H groups in total. The molecule has 0 fully saturated rings. The molecule has 1 aromatic rings. The summed E-state index contributed by atoms with van der Waals surface area (Å²) in [6, 6.07) is 5.11. The Kier molecular flexibility index (Phi) is 4.81. The van der Waals surface area contributed by atoms with Gasteiger partial charge in [-0.3, -0.25) is 19.7 Å². The van der Waals surface area contributed by atoms with E-state index in [0.717, 1.165) is 12.1 Å². The fourth-order valence-electron chi connectivity index (χ4n) is 1.69. The van der Waals surface area contributed by atoms with Crippen molar-refractivity contribution in [2.75, 3.05) is 0 Å². The first-order valence-electron chi connectivity index (χ1n) is 6.01. The molecule has 0 aliphatic heterocycles. The normalized spacial score (nSPS) is 12.3. The molecule has 110 valence electrons. The van der Waals surface area contributed by atoms with Gasteiger partial charge in [-0.25, -0.2) is 0 Å². The summed E-state index contributed by atoms with van der Waals surface area (Å²) in [4.78, 5) is 34.6. The molecule has 1 rings (SSSR count). The zero-order valence-electron chi connectivity index (χ0n) is 11.7. The van der Waals surface area contributed by atoms with Gasteiger partial charge in [-0.1, -0.05) is 32.4 Å². The van der Waals surface area contributed by atoms with Crippen LogP contribution in [-0.2, 0) is 4.79 Å². The molecule has 21 heavy (non-hydrogen) atoms. The van der Waals surface area contributed by atoms with E-state index in [9.17, 15) is 19.7 Å². The first-order chi connectivity index (χ1) is 9.59. The number of rotatable bonds is 4. The van der Waals surface area contributed by atoms with Crippen molar-refractivity contribution in [3.05, 3.63) is 38.9 Å². The molecular formula is C14H13ClN2O4. The van der Waals surface area contributed by atoms with Crippen molar-refractivity contribution in [3.8, 4) is 6.07 Å². The van der Waals surface area contributed by atoms with E-state index in [1.807, 2.05) is 0 Å². The van der Waals surface area contributed by atoms with Crippen LogP contribution >= 0.6 is 11.6 Å². The number of carbonyl (C=O) groups is 2. The molecule has 0 saturated heterocycles. The van der Waals surface area contributed by atoms with Gasteiger partial charge in [0.05, 0.1) is 16.6 Å². The summed E-state index contributed by atoms with van der Waals surface area (Å²) in [6.45, 7) is 4.72. The Bertz CT molecular complexity index is 656. The molecule has 0 heterocycles. The summed E-state index contributed by atoms with van der Waals surface area (Å²) in [5.41, 5.74) is -1.72. The van der Waals surface area contributed by atoms with Crippen molar-refractivity contribution in [2.45, 2.75) is 20.8 Å². The second kappa shape index (κ2) is 6.02. The van der Waals surface area contributed by atoms with Crippen LogP contribution in [0.3, 0.4) is 0 Å². The van der Waals surface area contributed by atoms with Crippen molar-refractivity contribution in [1.82, 2.24) is 0 Å². The number of Topliss-reactive ketones (excluding diaryl/α,β-unsaturated/α-hetero) is 2. The molecule has 0 aliphatic rings. The lowest BCUT2D eigenvalue weighted by Crippen LogP contribution is -2.33. The van der Waals surface area contributed by atoms with Crippen LogP contribution in [-0.4, -0.2) is 16.5 Å². The predicted molar refractivity (Wildman–Crippen MR) is 76.0 cm³/mol.